The first kappa shape index (κ1) is 8.66. The molecule has 0 atom stereocenters. The molecule has 0 saturated carbocycles. The summed E-state index contributed by atoms with van der Waals surface area (Å²) in [6.07, 6.45) is 2.11. The Bertz CT molecular complexity index is 394. The second kappa shape index (κ2) is 3.85. The van der Waals surface area contributed by atoms with Crippen LogP contribution >= 0.6 is 11.3 Å². The number of fused-ring (bicyclic) bond motifs is 1. The summed E-state index contributed by atoms with van der Waals surface area (Å²) in [6, 6.07) is 6.45. The van der Waals surface area contributed by atoms with Crippen LogP contribution in [0.25, 0.3) is 10.2 Å². The summed E-state index contributed by atoms with van der Waals surface area (Å²) in [6.45, 7) is 0.759. The summed E-state index contributed by atoms with van der Waals surface area (Å²) >= 11 is 1.68. The highest BCUT2D eigenvalue weighted by Gasteiger charge is 1.97. The topological polar surface area (TPSA) is 38.9 Å². The van der Waals surface area contributed by atoms with Crippen molar-refractivity contribution in [3.63, 3.8) is 0 Å². The Morgan fingerprint density at radius 3 is 3.15 bits per heavy atom. The molecule has 2 rings (SSSR count). The first-order valence-corrected chi connectivity index (χ1v) is 5.30. The van der Waals surface area contributed by atoms with Crippen LogP contribution in [0.15, 0.2) is 23.7 Å². The highest BCUT2D eigenvalue weighted by Crippen LogP contribution is 2.19. The van der Waals surface area contributed by atoms with E-state index < -0.39 is 0 Å². The molecule has 0 unspecified atom stereocenters. The number of thiazole rings is 1. The lowest BCUT2D eigenvalue weighted by atomic mass is 10.1. The van der Waals surface area contributed by atoms with Gasteiger partial charge in [-0.1, -0.05) is 6.07 Å². The Morgan fingerprint density at radius 1 is 1.38 bits per heavy atom. The van der Waals surface area contributed by atoms with Gasteiger partial charge in [-0.05, 0) is 37.1 Å². The fourth-order valence-electron chi connectivity index (χ4n) is 1.37. The highest BCUT2D eigenvalue weighted by atomic mass is 32.1. The van der Waals surface area contributed by atoms with Crippen molar-refractivity contribution < 1.29 is 0 Å². The van der Waals surface area contributed by atoms with E-state index in [-0.39, 0.29) is 0 Å². The Morgan fingerprint density at radius 2 is 2.31 bits per heavy atom. The molecule has 0 aliphatic carbocycles. The van der Waals surface area contributed by atoms with Crippen LogP contribution in [0.3, 0.4) is 0 Å². The maximum Gasteiger partial charge on any atom is 0.0814 e. The van der Waals surface area contributed by atoms with Gasteiger partial charge in [0, 0.05) is 0 Å². The van der Waals surface area contributed by atoms with Crippen LogP contribution in [0, 0.1) is 0 Å². The number of hydrogen-bond donors (Lipinski definition) is 1. The average molecular weight is 192 g/mol. The van der Waals surface area contributed by atoms with Gasteiger partial charge in [0.1, 0.15) is 0 Å². The van der Waals surface area contributed by atoms with E-state index in [2.05, 4.69) is 23.2 Å². The average Bonchev–Trinajstić information content (AvgIpc) is 2.61. The summed E-state index contributed by atoms with van der Waals surface area (Å²) < 4.78 is 1.26. The largest absolute Gasteiger partial charge is 0.330 e. The predicted octanol–water partition coefficient (Wildman–Crippen LogP) is 2.19. The Kier molecular flexibility index (Phi) is 2.57. The monoisotopic (exact) mass is 192 g/mol. The molecule has 0 aliphatic heterocycles. The molecule has 0 aliphatic rings. The van der Waals surface area contributed by atoms with Crippen LogP contribution in [0.4, 0.5) is 0 Å². The van der Waals surface area contributed by atoms with Crippen molar-refractivity contribution in [2.45, 2.75) is 12.8 Å². The molecule has 3 heteroatoms. The lowest BCUT2D eigenvalue weighted by Crippen LogP contribution is -2.00. The standard InChI is InChI=1S/C10H12N2S/c11-5-1-2-8-3-4-10-9(6-8)12-7-13-10/h3-4,6-7H,1-2,5,11H2. The number of benzene rings is 1. The number of nitrogens with two attached hydrogens (primary N) is 1. The van der Waals surface area contributed by atoms with E-state index >= 15 is 0 Å². The van der Waals surface area contributed by atoms with Crippen LogP contribution in [-0.2, 0) is 6.42 Å². The highest BCUT2D eigenvalue weighted by molar-refractivity contribution is 7.16. The molecule has 68 valence electrons. The van der Waals surface area contributed by atoms with Crippen molar-refractivity contribution in [3.8, 4) is 0 Å². The third-order valence-electron chi connectivity index (χ3n) is 2.06. The van der Waals surface area contributed by atoms with Crippen LogP contribution < -0.4 is 5.73 Å². The van der Waals surface area contributed by atoms with Crippen LogP contribution in [0.2, 0.25) is 0 Å². The number of aromatic nitrogens is 1. The Labute approximate surface area is 81.4 Å². The van der Waals surface area contributed by atoms with Gasteiger partial charge in [0.25, 0.3) is 0 Å². The summed E-state index contributed by atoms with van der Waals surface area (Å²) in [7, 11) is 0. The van der Waals surface area contributed by atoms with Gasteiger partial charge in [-0.2, -0.15) is 0 Å². The molecule has 0 amide bonds. The van der Waals surface area contributed by atoms with Gasteiger partial charge in [0.2, 0.25) is 0 Å². The van der Waals surface area contributed by atoms with Gasteiger partial charge in [0.15, 0.2) is 0 Å². The Balaban J connectivity index is 2.26. The molecular formula is C10H12N2S. The van der Waals surface area contributed by atoms with E-state index in [1.807, 2.05) is 5.51 Å². The minimum Gasteiger partial charge on any atom is -0.330 e. The molecule has 1 aromatic carbocycles. The van der Waals surface area contributed by atoms with E-state index in [0.29, 0.717) is 0 Å². The van der Waals surface area contributed by atoms with Crippen molar-refractivity contribution in [3.05, 3.63) is 29.3 Å². The molecule has 0 radical (unpaired) electrons. The third kappa shape index (κ3) is 1.87. The minimum atomic E-state index is 0.759. The van der Waals surface area contributed by atoms with E-state index in [4.69, 9.17) is 5.73 Å². The molecule has 2 N–H and O–H groups in total. The van der Waals surface area contributed by atoms with Crippen LogP contribution in [-0.4, -0.2) is 11.5 Å². The van der Waals surface area contributed by atoms with Crippen molar-refractivity contribution in [1.82, 2.24) is 4.98 Å². The molecule has 0 saturated heterocycles. The van der Waals surface area contributed by atoms with Gasteiger partial charge in [-0.25, -0.2) is 4.98 Å². The van der Waals surface area contributed by atoms with Gasteiger partial charge in [-0.3, -0.25) is 0 Å². The quantitative estimate of drug-likeness (QED) is 0.809. The van der Waals surface area contributed by atoms with E-state index in [9.17, 15) is 0 Å². The van der Waals surface area contributed by atoms with E-state index in [1.165, 1.54) is 10.3 Å². The molecule has 1 heterocycles. The number of nitrogens with zero attached hydrogens (tertiary/aromatic N) is 1. The Hall–Kier alpha value is -0.930. The van der Waals surface area contributed by atoms with Crippen LogP contribution in [0.1, 0.15) is 12.0 Å². The van der Waals surface area contributed by atoms with E-state index in [0.717, 1.165) is 24.9 Å². The summed E-state index contributed by atoms with van der Waals surface area (Å²) in [5.41, 5.74) is 9.79. The second-order valence-corrected chi connectivity index (χ2v) is 3.93. The number of aryl methyl sites for hydroxylation is 1. The normalized spacial score (nSPS) is 10.8. The molecular weight excluding hydrogens is 180 g/mol. The molecule has 0 fully saturated rings. The zero-order valence-corrected chi connectivity index (χ0v) is 8.18. The molecule has 2 nitrogen and oxygen atoms in total. The van der Waals surface area contributed by atoms with Gasteiger partial charge >= 0.3 is 0 Å². The fraction of sp³-hybridized carbons (Fsp3) is 0.300. The van der Waals surface area contributed by atoms with Crippen molar-refractivity contribution in [2.24, 2.45) is 5.73 Å². The molecule has 0 spiro atoms. The summed E-state index contributed by atoms with van der Waals surface area (Å²) in [5.74, 6) is 0. The second-order valence-electron chi connectivity index (χ2n) is 3.05. The first-order valence-electron chi connectivity index (χ1n) is 4.42. The molecule has 13 heavy (non-hydrogen) atoms. The molecule has 0 bridgehead atoms. The van der Waals surface area contributed by atoms with Gasteiger partial charge < -0.3 is 5.73 Å². The zero-order valence-electron chi connectivity index (χ0n) is 7.36. The van der Waals surface area contributed by atoms with Crippen molar-refractivity contribution in [1.29, 1.82) is 0 Å². The first-order chi connectivity index (χ1) is 6.40. The SMILES string of the molecule is NCCCc1ccc2scnc2c1. The van der Waals surface area contributed by atoms with E-state index in [1.54, 1.807) is 11.3 Å². The molecule has 2 aromatic rings. The van der Waals surface area contributed by atoms with Gasteiger partial charge in [0.05, 0.1) is 15.7 Å². The van der Waals surface area contributed by atoms with Crippen molar-refractivity contribution >= 4 is 21.6 Å². The van der Waals surface area contributed by atoms with Crippen LogP contribution in [0.5, 0.6) is 0 Å². The smallest absolute Gasteiger partial charge is 0.0814 e. The summed E-state index contributed by atoms with van der Waals surface area (Å²) in [5, 5.41) is 0. The summed E-state index contributed by atoms with van der Waals surface area (Å²) in [4.78, 5) is 4.27. The maximum absolute atomic E-state index is 5.46. The van der Waals surface area contributed by atoms with Gasteiger partial charge in [-0.15, -0.1) is 11.3 Å². The molecule has 1 aromatic heterocycles. The minimum absolute atomic E-state index is 0.759. The zero-order chi connectivity index (χ0) is 9.10. The fourth-order valence-corrected chi connectivity index (χ4v) is 2.02. The maximum atomic E-state index is 5.46. The number of rotatable bonds is 3. The van der Waals surface area contributed by atoms with Crippen molar-refractivity contribution in [2.75, 3.05) is 6.54 Å². The predicted molar refractivity (Wildman–Crippen MR) is 57.0 cm³/mol. The lowest BCUT2D eigenvalue weighted by Gasteiger charge is -1.98. The lowest BCUT2D eigenvalue weighted by molar-refractivity contribution is 0.833. The number of hydrogen-bond acceptors (Lipinski definition) is 3. The third-order valence-corrected chi connectivity index (χ3v) is 2.87.